The summed E-state index contributed by atoms with van der Waals surface area (Å²) in [4.78, 5) is 43.9. The third-order valence-electron chi connectivity index (χ3n) is 6.49. The molecule has 2 fully saturated rings. The first-order chi connectivity index (χ1) is 14.4. The molecule has 1 aromatic carbocycles. The Morgan fingerprint density at radius 1 is 1.17 bits per heavy atom. The molecule has 0 radical (unpaired) electrons. The molecule has 1 aromatic heterocycles. The number of hydrogen-bond donors (Lipinski definition) is 1. The van der Waals surface area contributed by atoms with Gasteiger partial charge in [0.1, 0.15) is 24.2 Å². The number of fused-ring (bicyclic) bond motifs is 5. The molecule has 2 heterocycles. The second-order valence-corrected chi connectivity index (χ2v) is 8.21. The van der Waals surface area contributed by atoms with Gasteiger partial charge < -0.3 is 9.88 Å². The molecular formula is C22H21FN4O3. The molecule has 3 aliphatic rings. The number of amides is 3. The number of benzene rings is 1. The third-order valence-corrected chi connectivity index (χ3v) is 6.49. The van der Waals surface area contributed by atoms with Crippen LogP contribution in [0, 0.1) is 29.5 Å². The van der Waals surface area contributed by atoms with Crippen molar-refractivity contribution in [3.05, 3.63) is 66.0 Å². The number of imidazole rings is 1. The van der Waals surface area contributed by atoms with Gasteiger partial charge in [0.15, 0.2) is 0 Å². The molecule has 1 saturated carbocycles. The van der Waals surface area contributed by atoms with E-state index in [0.717, 1.165) is 11.3 Å². The first-order valence-corrected chi connectivity index (χ1v) is 9.99. The molecule has 1 saturated heterocycles. The number of likely N-dealkylation sites (tertiary alicyclic amines) is 1. The van der Waals surface area contributed by atoms with Gasteiger partial charge in [-0.05, 0) is 36.0 Å². The zero-order chi connectivity index (χ0) is 21.0. The lowest BCUT2D eigenvalue weighted by molar-refractivity contribution is -0.144. The van der Waals surface area contributed by atoms with Crippen molar-refractivity contribution in [2.75, 3.05) is 6.54 Å². The Morgan fingerprint density at radius 3 is 2.37 bits per heavy atom. The summed E-state index contributed by atoms with van der Waals surface area (Å²) in [5.41, 5.74) is 0.650. The Labute approximate surface area is 172 Å². The molecule has 0 spiro atoms. The number of carbonyl (C=O) groups excluding carboxylic acids is 3. The van der Waals surface area contributed by atoms with Gasteiger partial charge in [0.2, 0.25) is 17.7 Å². The van der Waals surface area contributed by atoms with Gasteiger partial charge in [-0.2, -0.15) is 0 Å². The lowest BCUT2D eigenvalue weighted by Gasteiger charge is -2.22. The first-order valence-electron chi connectivity index (χ1n) is 9.99. The highest BCUT2D eigenvalue weighted by molar-refractivity contribution is 6.08. The van der Waals surface area contributed by atoms with Crippen molar-refractivity contribution in [2.45, 2.75) is 12.5 Å². The van der Waals surface area contributed by atoms with Crippen LogP contribution in [0.5, 0.6) is 0 Å². The van der Waals surface area contributed by atoms with Crippen molar-refractivity contribution in [1.29, 1.82) is 0 Å². The van der Waals surface area contributed by atoms with Gasteiger partial charge in [0, 0.05) is 19.4 Å². The van der Waals surface area contributed by atoms with Gasteiger partial charge in [-0.15, -0.1) is 0 Å². The van der Waals surface area contributed by atoms with Crippen LogP contribution in [-0.2, 0) is 21.4 Å². The van der Waals surface area contributed by atoms with Crippen LogP contribution in [0.4, 0.5) is 4.39 Å². The SMILES string of the molecule is Cn1ccnc1[C@H](NC(=O)CN1C(=O)[C@H]2[C@H](C1=O)[C@H]1C=C[C@H]2C1)c1ccc(F)cc1. The van der Waals surface area contributed by atoms with Gasteiger partial charge in [-0.25, -0.2) is 9.37 Å². The minimum Gasteiger partial charge on any atom is -0.341 e. The summed E-state index contributed by atoms with van der Waals surface area (Å²) in [6.07, 6.45) is 8.24. The molecule has 2 bridgehead atoms. The summed E-state index contributed by atoms with van der Waals surface area (Å²) >= 11 is 0. The number of carbonyl (C=O) groups is 3. The summed E-state index contributed by atoms with van der Waals surface area (Å²) < 4.78 is 15.1. The molecule has 8 heteroatoms. The van der Waals surface area contributed by atoms with Crippen molar-refractivity contribution < 1.29 is 18.8 Å². The number of allylic oxidation sites excluding steroid dienone is 2. The Balaban J connectivity index is 1.35. The molecule has 5 rings (SSSR count). The van der Waals surface area contributed by atoms with E-state index < -0.39 is 11.9 Å². The fourth-order valence-electron chi connectivity index (χ4n) is 5.08. The van der Waals surface area contributed by atoms with E-state index in [2.05, 4.69) is 10.3 Å². The summed E-state index contributed by atoms with van der Waals surface area (Å²) in [6.45, 7) is -0.327. The van der Waals surface area contributed by atoms with Gasteiger partial charge in [-0.1, -0.05) is 24.3 Å². The number of rotatable bonds is 5. The lowest BCUT2D eigenvalue weighted by atomic mass is 9.85. The molecule has 3 amide bonds. The number of imide groups is 1. The Kier molecular flexibility index (Phi) is 4.30. The summed E-state index contributed by atoms with van der Waals surface area (Å²) in [5, 5.41) is 2.86. The smallest absolute Gasteiger partial charge is 0.241 e. The summed E-state index contributed by atoms with van der Waals surface area (Å²) in [5.74, 6) is -1.26. The number of aryl methyl sites for hydroxylation is 1. The maximum Gasteiger partial charge on any atom is 0.241 e. The average molecular weight is 408 g/mol. The van der Waals surface area contributed by atoms with E-state index >= 15 is 0 Å². The minimum absolute atomic E-state index is 0.101. The minimum atomic E-state index is -0.636. The van der Waals surface area contributed by atoms with E-state index in [0.29, 0.717) is 11.4 Å². The monoisotopic (exact) mass is 408 g/mol. The van der Waals surface area contributed by atoms with E-state index in [1.807, 2.05) is 12.2 Å². The van der Waals surface area contributed by atoms with Crippen LogP contribution in [0.15, 0.2) is 48.8 Å². The van der Waals surface area contributed by atoms with Crippen molar-refractivity contribution in [3.63, 3.8) is 0 Å². The highest BCUT2D eigenvalue weighted by Gasteiger charge is 2.59. The first kappa shape index (κ1) is 18.7. The molecule has 154 valence electrons. The third kappa shape index (κ3) is 2.86. The van der Waals surface area contributed by atoms with Crippen LogP contribution >= 0.6 is 0 Å². The average Bonchev–Trinajstić information content (AvgIpc) is 3.49. The van der Waals surface area contributed by atoms with Crippen molar-refractivity contribution in [3.8, 4) is 0 Å². The number of halogens is 1. The van der Waals surface area contributed by atoms with Gasteiger partial charge in [0.25, 0.3) is 0 Å². The normalized spacial score (nSPS) is 27.6. The molecule has 1 aliphatic heterocycles. The van der Waals surface area contributed by atoms with Crippen LogP contribution < -0.4 is 5.32 Å². The van der Waals surface area contributed by atoms with Crippen LogP contribution in [0.2, 0.25) is 0 Å². The van der Waals surface area contributed by atoms with Gasteiger partial charge >= 0.3 is 0 Å². The van der Waals surface area contributed by atoms with Crippen molar-refractivity contribution in [1.82, 2.24) is 19.8 Å². The zero-order valence-corrected chi connectivity index (χ0v) is 16.4. The predicted octanol–water partition coefficient (Wildman–Crippen LogP) is 1.57. The fraction of sp³-hybridized carbons (Fsp3) is 0.364. The van der Waals surface area contributed by atoms with Crippen LogP contribution in [-0.4, -0.2) is 38.7 Å². The maximum absolute atomic E-state index is 13.4. The topological polar surface area (TPSA) is 84.3 Å². The predicted molar refractivity (Wildman–Crippen MR) is 104 cm³/mol. The molecule has 0 unspecified atom stereocenters. The fourth-order valence-corrected chi connectivity index (χ4v) is 5.08. The van der Waals surface area contributed by atoms with Crippen molar-refractivity contribution >= 4 is 17.7 Å². The van der Waals surface area contributed by atoms with Gasteiger partial charge in [-0.3, -0.25) is 19.3 Å². The second-order valence-electron chi connectivity index (χ2n) is 8.21. The highest BCUT2D eigenvalue weighted by Crippen LogP contribution is 2.52. The molecule has 2 aromatic rings. The molecule has 1 N–H and O–H groups in total. The molecule has 7 nitrogen and oxygen atoms in total. The van der Waals surface area contributed by atoms with E-state index in [1.165, 1.54) is 12.1 Å². The van der Waals surface area contributed by atoms with Gasteiger partial charge in [0.05, 0.1) is 11.8 Å². The van der Waals surface area contributed by atoms with E-state index in [1.54, 1.807) is 36.1 Å². The molecule has 5 atom stereocenters. The van der Waals surface area contributed by atoms with E-state index in [9.17, 15) is 18.8 Å². The van der Waals surface area contributed by atoms with Crippen molar-refractivity contribution in [2.24, 2.45) is 30.7 Å². The number of nitrogens with one attached hydrogen (secondary N) is 1. The number of hydrogen-bond acceptors (Lipinski definition) is 4. The Bertz CT molecular complexity index is 1030. The van der Waals surface area contributed by atoms with Crippen LogP contribution in [0.25, 0.3) is 0 Å². The van der Waals surface area contributed by atoms with E-state index in [4.69, 9.17) is 0 Å². The Morgan fingerprint density at radius 2 is 1.80 bits per heavy atom. The van der Waals surface area contributed by atoms with E-state index in [-0.39, 0.29) is 47.8 Å². The molecular weight excluding hydrogens is 387 g/mol. The van der Waals surface area contributed by atoms with Crippen LogP contribution in [0.1, 0.15) is 23.9 Å². The largest absolute Gasteiger partial charge is 0.341 e. The number of aromatic nitrogens is 2. The maximum atomic E-state index is 13.4. The summed E-state index contributed by atoms with van der Waals surface area (Å²) in [7, 11) is 1.79. The summed E-state index contributed by atoms with van der Waals surface area (Å²) in [6, 6.07) is 5.15. The highest BCUT2D eigenvalue weighted by atomic mass is 19.1. The quantitative estimate of drug-likeness (QED) is 0.601. The van der Waals surface area contributed by atoms with Crippen LogP contribution in [0.3, 0.4) is 0 Å². The standard InChI is InChI=1S/C22H21FN4O3/c1-26-9-8-24-20(26)19(12-4-6-15(23)7-5-12)25-16(28)11-27-21(29)17-13-2-3-14(10-13)18(17)22(27)30/h2-9,13-14,17-19H,10-11H2,1H3,(H,25,28)/t13-,14-,17+,18+,19+/m0/s1. The molecule has 2 aliphatic carbocycles. The lowest BCUT2D eigenvalue weighted by Crippen LogP contribution is -2.43. The Hall–Kier alpha value is -3.29. The zero-order valence-electron chi connectivity index (χ0n) is 16.4. The second kappa shape index (κ2) is 6.90. The molecule has 30 heavy (non-hydrogen) atoms. The number of nitrogens with zero attached hydrogens (tertiary/aromatic N) is 3.